The minimum absolute atomic E-state index is 0.0141. The van der Waals surface area contributed by atoms with Crippen molar-refractivity contribution in [3.8, 4) is 0 Å². The number of thiophene rings is 1. The number of carbonyl (C=O) groups is 5. The second-order valence-electron chi connectivity index (χ2n) is 11.1. The topological polar surface area (TPSA) is 186 Å². The maximum absolute atomic E-state index is 14.0. The number of fused-ring (bicyclic) bond motifs is 1. The van der Waals surface area contributed by atoms with Gasteiger partial charge in [0.1, 0.15) is 23.8 Å². The van der Waals surface area contributed by atoms with E-state index in [1.807, 2.05) is 47.8 Å². The predicted octanol–water partition coefficient (Wildman–Crippen LogP) is 1.62. The Bertz CT molecular complexity index is 1770. The van der Waals surface area contributed by atoms with E-state index >= 15 is 0 Å². The number of hydrogen-bond donors (Lipinski definition) is 5. The number of aliphatic carboxylic acids is 1. The molecule has 0 aliphatic carbocycles. The van der Waals surface area contributed by atoms with Gasteiger partial charge in [-0.3, -0.25) is 34.0 Å². The van der Waals surface area contributed by atoms with Crippen molar-refractivity contribution in [2.45, 2.75) is 63.2 Å². The lowest BCUT2D eigenvalue weighted by Crippen LogP contribution is -2.57. The summed E-state index contributed by atoms with van der Waals surface area (Å²) in [4.78, 5) is 66.9. The molecular weight excluding hydrogens is 598 g/mol. The molecule has 2 aromatic carbocycles. The van der Waals surface area contributed by atoms with Gasteiger partial charge in [0.2, 0.25) is 23.6 Å². The minimum Gasteiger partial charge on any atom is -0.481 e. The Hall–Kier alpha value is -5.11. The highest BCUT2D eigenvalue weighted by Gasteiger charge is 2.44. The van der Waals surface area contributed by atoms with Crippen molar-refractivity contribution in [3.63, 3.8) is 0 Å². The lowest BCUT2D eigenvalue weighted by atomic mass is 10.0. The lowest BCUT2D eigenvalue weighted by Gasteiger charge is -2.28. The van der Waals surface area contributed by atoms with Crippen LogP contribution in [0.3, 0.4) is 0 Å². The van der Waals surface area contributed by atoms with Crippen LogP contribution in [0.1, 0.15) is 41.6 Å². The quantitative estimate of drug-likeness (QED) is 0.166. The van der Waals surface area contributed by atoms with Gasteiger partial charge < -0.3 is 21.1 Å². The maximum Gasteiger partial charge on any atom is 0.303 e. The molecule has 13 nitrogen and oxygen atoms in total. The van der Waals surface area contributed by atoms with Crippen molar-refractivity contribution in [1.82, 2.24) is 31.4 Å². The standard InChI is InChI=1S/C31H31N7O6S/c39-26(13-19-16-45-25-7-2-1-6-21(19)25)34-22(10-11-27(40)41)29(42)35-23-9-8-17-4-3-5-18-12-24(38(28(17)18)31(23)44)30(43)32-14-20-15-33-37-36-20/h1-7,15-16,22-24H,8-14H2,(H,32,43)(H,34,39)(H,35,42)(H,40,41)(H,33,36,37)/t22-,23-,24-/m0/s1. The smallest absolute Gasteiger partial charge is 0.303 e. The second kappa shape index (κ2) is 12.9. The summed E-state index contributed by atoms with van der Waals surface area (Å²) in [6.45, 7) is 0.128. The SMILES string of the molecule is O=C(O)CC[C@H](NC(=O)Cc1csc2ccccc12)C(=O)N[C@H]1CCc2cccc3c2N(C1=O)[C@H](C(=O)NCc1c[nH]nn1)C3. The molecule has 4 aromatic rings. The summed E-state index contributed by atoms with van der Waals surface area (Å²) in [5.41, 5.74) is 3.78. The van der Waals surface area contributed by atoms with E-state index in [0.29, 0.717) is 24.2 Å². The zero-order valence-electron chi connectivity index (χ0n) is 24.1. The number of aromatic nitrogens is 3. The molecule has 5 N–H and O–H groups in total. The normalized spacial score (nSPS) is 17.8. The van der Waals surface area contributed by atoms with Crippen LogP contribution in [0.5, 0.6) is 0 Å². The van der Waals surface area contributed by atoms with E-state index in [1.54, 1.807) is 6.20 Å². The van der Waals surface area contributed by atoms with E-state index in [9.17, 15) is 29.1 Å². The average molecular weight is 630 g/mol. The Morgan fingerprint density at radius 3 is 2.73 bits per heavy atom. The first-order chi connectivity index (χ1) is 21.8. The van der Waals surface area contributed by atoms with E-state index in [0.717, 1.165) is 26.8 Å². The highest BCUT2D eigenvalue weighted by atomic mass is 32.1. The number of aryl methyl sites for hydroxylation is 1. The van der Waals surface area contributed by atoms with Crippen molar-refractivity contribution >= 4 is 56.7 Å². The van der Waals surface area contributed by atoms with Crippen LogP contribution in [0, 0.1) is 0 Å². The number of para-hydroxylation sites is 1. The first kappa shape index (κ1) is 29.9. The molecule has 2 aliphatic heterocycles. The van der Waals surface area contributed by atoms with E-state index in [4.69, 9.17) is 0 Å². The predicted molar refractivity (Wildman–Crippen MR) is 164 cm³/mol. The van der Waals surface area contributed by atoms with Crippen LogP contribution < -0.4 is 20.9 Å². The third kappa shape index (κ3) is 6.41. The van der Waals surface area contributed by atoms with Gasteiger partial charge >= 0.3 is 5.97 Å². The molecule has 2 aromatic heterocycles. The Labute approximate surface area is 261 Å². The molecule has 232 valence electrons. The number of nitrogens with one attached hydrogen (secondary N) is 4. The minimum atomic E-state index is -1.17. The Kier molecular flexibility index (Phi) is 8.56. The number of aromatic amines is 1. The summed E-state index contributed by atoms with van der Waals surface area (Å²) >= 11 is 1.51. The van der Waals surface area contributed by atoms with Crippen molar-refractivity contribution in [2.75, 3.05) is 4.90 Å². The summed E-state index contributed by atoms with van der Waals surface area (Å²) in [7, 11) is 0. The first-order valence-corrected chi connectivity index (χ1v) is 15.5. The van der Waals surface area contributed by atoms with E-state index < -0.39 is 41.8 Å². The van der Waals surface area contributed by atoms with Crippen LogP contribution in [0.15, 0.2) is 54.0 Å². The number of amides is 4. The van der Waals surface area contributed by atoms with Gasteiger partial charge in [-0.1, -0.05) is 41.6 Å². The molecule has 0 saturated heterocycles. The number of benzene rings is 2. The van der Waals surface area contributed by atoms with Crippen molar-refractivity contribution in [1.29, 1.82) is 0 Å². The fourth-order valence-electron chi connectivity index (χ4n) is 5.98. The summed E-state index contributed by atoms with van der Waals surface area (Å²) in [5.74, 6) is -3.02. The van der Waals surface area contributed by atoms with Gasteiger partial charge in [-0.05, 0) is 52.8 Å². The lowest BCUT2D eigenvalue weighted by molar-refractivity contribution is -0.138. The van der Waals surface area contributed by atoms with E-state index in [2.05, 4.69) is 31.4 Å². The molecule has 4 heterocycles. The molecular formula is C31H31N7O6S. The summed E-state index contributed by atoms with van der Waals surface area (Å²) in [5, 5.41) is 30.5. The van der Waals surface area contributed by atoms with Crippen LogP contribution >= 0.6 is 11.3 Å². The molecule has 6 rings (SSSR count). The van der Waals surface area contributed by atoms with Crippen LogP contribution in [-0.2, 0) is 49.8 Å². The average Bonchev–Trinajstić information content (AvgIpc) is 3.77. The van der Waals surface area contributed by atoms with Gasteiger partial charge in [-0.2, -0.15) is 0 Å². The molecule has 2 aliphatic rings. The largest absolute Gasteiger partial charge is 0.481 e. The monoisotopic (exact) mass is 629 g/mol. The van der Waals surface area contributed by atoms with Gasteiger partial charge in [0.15, 0.2) is 0 Å². The van der Waals surface area contributed by atoms with Gasteiger partial charge in [0.25, 0.3) is 0 Å². The van der Waals surface area contributed by atoms with Crippen molar-refractivity contribution in [3.05, 3.63) is 76.4 Å². The highest BCUT2D eigenvalue weighted by Crippen LogP contribution is 2.39. The van der Waals surface area contributed by atoms with Crippen molar-refractivity contribution < 1.29 is 29.1 Å². The number of anilines is 1. The number of nitrogens with zero attached hydrogens (tertiary/aromatic N) is 3. The van der Waals surface area contributed by atoms with Gasteiger partial charge in [-0.15, -0.1) is 16.4 Å². The Morgan fingerprint density at radius 1 is 1.11 bits per heavy atom. The number of carboxylic acids is 1. The van der Waals surface area contributed by atoms with E-state index in [1.165, 1.54) is 16.2 Å². The molecule has 45 heavy (non-hydrogen) atoms. The molecule has 4 amide bonds. The van der Waals surface area contributed by atoms with Gasteiger partial charge in [-0.25, -0.2) is 0 Å². The van der Waals surface area contributed by atoms with E-state index in [-0.39, 0.29) is 38.1 Å². The van der Waals surface area contributed by atoms with Crippen molar-refractivity contribution in [2.24, 2.45) is 0 Å². The van der Waals surface area contributed by atoms with Crippen LogP contribution in [-0.4, -0.2) is 68.2 Å². The molecule has 0 bridgehead atoms. The fourth-order valence-corrected chi connectivity index (χ4v) is 6.94. The molecule has 0 unspecified atom stereocenters. The molecule has 0 fully saturated rings. The third-order valence-corrected chi connectivity index (χ3v) is 9.16. The van der Waals surface area contributed by atoms with Crippen LogP contribution in [0.2, 0.25) is 0 Å². The van der Waals surface area contributed by atoms with Gasteiger partial charge in [0, 0.05) is 23.7 Å². The highest BCUT2D eigenvalue weighted by molar-refractivity contribution is 7.17. The Morgan fingerprint density at radius 2 is 1.93 bits per heavy atom. The van der Waals surface area contributed by atoms with Crippen LogP contribution in [0.4, 0.5) is 5.69 Å². The number of carboxylic acid groups (broad SMARTS) is 1. The van der Waals surface area contributed by atoms with Crippen LogP contribution in [0.25, 0.3) is 10.1 Å². The number of carbonyl (C=O) groups excluding carboxylic acids is 4. The third-order valence-electron chi connectivity index (χ3n) is 8.15. The maximum atomic E-state index is 14.0. The summed E-state index contributed by atoms with van der Waals surface area (Å²) in [6.07, 6.45) is 2.13. The zero-order valence-corrected chi connectivity index (χ0v) is 24.9. The Balaban J connectivity index is 1.18. The summed E-state index contributed by atoms with van der Waals surface area (Å²) < 4.78 is 1.03. The molecule has 14 heteroatoms. The molecule has 3 atom stereocenters. The first-order valence-electron chi connectivity index (χ1n) is 14.6. The molecule has 0 saturated carbocycles. The zero-order chi connectivity index (χ0) is 31.5. The number of H-pyrrole nitrogens is 1. The summed E-state index contributed by atoms with van der Waals surface area (Å²) in [6, 6.07) is 10.4. The molecule has 0 spiro atoms. The number of rotatable bonds is 11. The number of hydrogen-bond acceptors (Lipinski definition) is 8. The fraction of sp³-hybridized carbons (Fsp3) is 0.323. The molecule has 0 radical (unpaired) electrons. The second-order valence-corrected chi connectivity index (χ2v) is 12.0. The van der Waals surface area contributed by atoms with Gasteiger partial charge in [0.05, 0.1) is 18.7 Å².